The molecule has 0 N–H and O–H groups in total. The molecule has 0 saturated heterocycles. The van der Waals surface area contributed by atoms with Gasteiger partial charge in [-0.15, -0.1) is 0 Å². The van der Waals surface area contributed by atoms with Crippen LogP contribution in [0.4, 0.5) is 0 Å². The molecule has 104 valence electrons. The monoisotopic (exact) mass is 276 g/mol. The van der Waals surface area contributed by atoms with Crippen LogP contribution in [0.15, 0.2) is 0 Å². The number of hydrogen-bond donors (Lipinski definition) is 0. The second-order valence-corrected chi connectivity index (χ2v) is 8.36. The van der Waals surface area contributed by atoms with Gasteiger partial charge in [0.1, 0.15) is 15.4 Å². The number of pyridine rings is 1. The summed E-state index contributed by atoms with van der Waals surface area (Å²) in [7, 11) is 0. The first-order chi connectivity index (χ1) is 8.51. The van der Waals surface area contributed by atoms with E-state index in [0.29, 0.717) is 0 Å². The Morgan fingerprint density at radius 1 is 0.789 bits per heavy atom. The molecule has 0 fully saturated rings. The van der Waals surface area contributed by atoms with Gasteiger partial charge in [-0.05, 0) is 25.0 Å². The zero-order valence-corrected chi connectivity index (χ0v) is 14.1. The van der Waals surface area contributed by atoms with Crippen molar-refractivity contribution in [3.63, 3.8) is 0 Å². The summed E-state index contributed by atoms with van der Waals surface area (Å²) in [6.45, 7) is 17.6. The standard InChI is InChI=1S/C16H24N2S/c1-9-10(2)12(15(3,4)5)18-13-11(9)17-14(19-13)16(6,7)8/h1-8H3. The number of rotatable bonds is 0. The first kappa shape index (κ1) is 14.4. The number of thiazole rings is 1. The highest BCUT2D eigenvalue weighted by Crippen LogP contribution is 2.35. The van der Waals surface area contributed by atoms with Gasteiger partial charge in [-0.3, -0.25) is 0 Å². The number of nitrogens with zero attached hydrogens (tertiary/aromatic N) is 2. The van der Waals surface area contributed by atoms with Crippen LogP contribution in [0.25, 0.3) is 10.3 Å². The summed E-state index contributed by atoms with van der Waals surface area (Å²) in [5, 5.41) is 1.17. The van der Waals surface area contributed by atoms with Gasteiger partial charge in [0, 0.05) is 10.8 Å². The third kappa shape index (κ3) is 2.53. The quantitative estimate of drug-likeness (QED) is 0.683. The second kappa shape index (κ2) is 4.27. The molecule has 2 aromatic rings. The van der Waals surface area contributed by atoms with E-state index >= 15 is 0 Å². The van der Waals surface area contributed by atoms with Crippen LogP contribution in [0.3, 0.4) is 0 Å². The fourth-order valence-corrected chi connectivity index (χ4v) is 3.28. The smallest absolute Gasteiger partial charge is 0.144 e. The van der Waals surface area contributed by atoms with E-state index in [0.717, 1.165) is 10.3 Å². The second-order valence-electron chi connectivity index (χ2n) is 7.38. The van der Waals surface area contributed by atoms with Crippen molar-refractivity contribution in [1.82, 2.24) is 9.97 Å². The van der Waals surface area contributed by atoms with E-state index in [2.05, 4.69) is 55.4 Å². The lowest BCUT2D eigenvalue weighted by molar-refractivity contribution is 0.566. The molecule has 0 atom stereocenters. The molecule has 0 saturated carbocycles. The van der Waals surface area contributed by atoms with Gasteiger partial charge >= 0.3 is 0 Å². The van der Waals surface area contributed by atoms with E-state index in [1.54, 1.807) is 11.3 Å². The van der Waals surface area contributed by atoms with Crippen molar-refractivity contribution in [3.05, 3.63) is 21.8 Å². The Morgan fingerprint density at radius 2 is 1.37 bits per heavy atom. The molecule has 0 aliphatic carbocycles. The summed E-state index contributed by atoms with van der Waals surface area (Å²) in [5.41, 5.74) is 5.01. The van der Waals surface area contributed by atoms with Crippen molar-refractivity contribution >= 4 is 21.7 Å². The van der Waals surface area contributed by atoms with Crippen LogP contribution in [0, 0.1) is 13.8 Å². The molecule has 0 aromatic carbocycles. The van der Waals surface area contributed by atoms with Crippen LogP contribution in [-0.2, 0) is 10.8 Å². The molecule has 0 unspecified atom stereocenters. The Morgan fingerprint density at radius 3 is 1.84 bits per heavy atom. The lowest BCUT2D eigenvalue weighted by atomic mass is 9.87. The van der Waals surface area contributed by atoms with E-state index in [4.69, 9.17) is 9.97 Å². The zero-order valence-electron chi connectivity index (χ0n) is 13.3. The average molecular weight is 276 g/mol. The lowest BCUT2D eigenvalue weighted by Crippen LogP contribution is -2.16. The Kier molecular flexibility index (Phi) is 3.25. The van der Waals surface area contributed by atoms with Crippen molar-refractivity contribution in [2.75, 3.05) is 0 Å². The SMILES string of the molecule is Cc1c(C(C)(C)C)nc2sc(C(C)(C)C)nc2c1C. The topological polar surface area (TPSA) is 25.8 Å². The minimum absolute atomic E-state index is 0.0783. The van der Waals surface area contributed by atoms with Gasteiger partial charge in [-0.2, -0.15) is 0 Å². The normalized spacial score (nSPS) is 13.3. The van der Waals surface area contributed by atoms with Crippen LogP contribution in [0.2, 0.25) is 0 Å². The third-order valence-electron chi connectivity index (χ3n) is 3.45. The third-order valence-corrected chi connectivity index (χ3v) is 4.82. The predicted molar refractivity (Wildman–Crippen MR) is 84.3 cm³/mol. The van der Waals surface area contributed by atoms with Gasteiger partial charge < -0.3 is 0 Å². The van der Waals surface area contributed by atoms with Crippen LogP contribution in [0.5, 0.6) is 0 Å². The Balaban J connectivity index is 2.77. The molecular formula is C16H24N2S. The van der Waals surface area contributed by atoms with Gasteiger partial charge in [-0.25, -0.2) is 9.97 Å². The first-order valence-electron chi connectivity index (χ1n) is 6.80. The van der Waals surface area contributed by atoms with E-state index in [1.165, 1.54) is 21.8 Å². The summed E-state index contributed by atoms with van der Waals surface area (Å²) in [5.74, 6) is 0. The predicted octanol–water partition coefficient (Wildman–Crippen LogP) is 4.90. The number of fused-ring (bicyclic) bond motifs is 1. The maximum Gasteiger partial charge on any atom is 0.144 e. The van der Waals surface area contributed by atoms with Crippen molar-refractivity contribution in [2.45, 2.75) is 66.2 Å². The summed E-state index contributed by atoms with van der Waals surface area (Å²) >= 11 is 1.74. The molecule has 2 rings (SSSR count). The van der Waals surface area contributed by atoms with Crippen LogP contribution in [-0.4, -0.2) is 9.97 Å². The molecule has 2 heterocycles. The van der Waals surface area contributed by atoms with E-state index in [1.807, 2.05) is 0 Å². The molecule has 0 amide bonds. The van der Waals surface area contributed by atoms with Crippen LogP contribution >= 0.6 is 11.3 Å². The number of aryl methyl sites for hydroxylation is 1. The van der Waals surface area contributed by atoms with Gasteiger partial charge in [0.2, 0.25) is 0 Å². The van der Waals surface area contributed by atoms with E-state index in [-0.39, 0.29) is 10.8 Å². The van der Waals surface area contributed by atoms with Gasteiger partial charge in [0.15, 0.2) is 0 Å². The zero-order chi connectivity index (χ0) is 14.6. The fourth-order valence-electron chi connectivity index (χ4n) is 2.22. The van der Waals surface area contributed by atoms with E-state index in [9.17, 15) is 0 Å². The number of aromatic nitrogens is 2. The highest BCUT2D eigenvalue weighted by atomic mass is 32.1. The Labute approximate surface area is 120 Å². The van der Waals surface area contributed by atoms with Crippen LogP contribution < -0.4 is 0 Å². The Hall–Kier alpha value is -0.960. The van der Waals surface area contributed by atoms with Gasteiger partial charge in [0.25, 0.3) is 0 Å². The van der Waals surface area contributed by atoms with Gasteiger partial charge in [0.05, 0.1) is 5.69 Å². The molecule has 0 spiro atoms. The van der Waals surface area contributed by atoms with Crippen molar-refractivity contribution in [2.24, 2.45) is 0 Å². The molecule has 0 bridgehead atoms. The molecule has 0 radical (unpaired) electrons. The lowest BCUT2D eigenvalue weighted by Gasteiger charge is -2.21. The average Bonchev–Trinajstić information content (AvgIpc) is 2.65. The summed E-state index contributed by atoms with van der Waals surface area (Å²) in [6.07, 6.45) is 0. The molecule has 2 aromatic heterocycles. The summed E-state index contributed by atoms with van der Waals surface area (Å²) < 4.78 is 0. The molecule has 0 aliphatic heterocycles. The largest absolute Gasteiger partial charge is 0.239 e. The summed E-state index contributed by atoms with van der Waals surface area (Å²) in [4.78, 5) is 10.8. The fraction of sp³-hybridized carbons (Fsp3) is 0.625. The molecule has 2 nitrogen and oxygen atoms in total. The van der Waals surface area contributed by atoms with Crippen molar-refractivity contribution < 1.29 is 0 Å². The molecule has 3 heteroatoms. The van der Waals surface area contributed by atoms with Gasteiger partial charge in [-0.1, -0.05) is 52.9 Å². The Bertz CT molecular complexity index is 625. The van der Waals surface area contributed by atoms with Crippen molar-refractivity contribution in [3.8, 4) is 0 Å². The molecule has 0 aliphatic rings. The molecule has 19 heavy (non-hydrogen) atoms. The minimum atomic E-state index is 0.0783. The highest BCUT2D eigenvalue weighted by molar-refractivity contribution is 7.18. The number of hydrogen-bond acceptors (Lipinski definition) is 3. The minimum Gasteiger partial charge on any atom is -0.239 e. The highest BCUT2D eigenvalue weighted by Gasteiger charge is 2.25. The maximum absolute atomic E-state index is 4.90. The summed E-state index contributed by atoms with van der Waals surface area (Å²) in [6, 6.07) is 0. The van der Waals surface area contributed by atoms with Crippen LogP contribution in [0.1, 0.15) is 63.4 Å². The molecular weight excluding hydrogens is 252 g/mol. The van der Waals surface area contributed by atoms with Crippen molar-refractivity contribution in [1.29, 1.82) is 0 Å². The first-order valence-corrected chi connectivity index (χ1v) is 7.62. The van der Waals surface area contributed by atoms with E-state index < -0.39 is 0 Å². The maximum atomic E-state index is 4.90.